The molecule has 5 nitrogen and oxygen atoms in total. The number of esters is 1. The summed E-state index contributed by atoms with van der Waals surface area (Å²) in [6.45, 7) is 6.10. The van der Waals surface area contributed by atoms with Gasteiger partial charge in [0.05, 0.1) is 25.4 Å². The summed E-state index contributed by atoms with van der Waals surface area (Å²) in [5.41, 5.74) is 6.13. The molecule has 0 saturated heterocycles. The molecule has 0 atom stereocenters. The molecule has 5 heteroatoms. The lowest BCUT2D eigenvalue weighted by molar-refractivity contribution is -0.115. The Balaban J connectivity index is 1.77. The van der Waals surface area contributed by atoms with Gasteiger partial charge in [0.25, 0.3) is 0 Å². The number of hydrogen-bond acceptors (Lipinski definition) is 4. The molecule has 0 aliphatic carbocycles. The van der Waals surface area contributed by atoms with E-state index in [4.69, 9.17) is 4.42 Å². The molecule has 1 heterocycles. The van der Waals surface area contributed by atoms with E-state index in [1.807, 2.05) is 13.8 Å². The summed E-state index contributed by atoms with van der Waals surface area (Å²) in [6, 6.07) is 8.70. The van der Waals surface area contributed by atoms with Crippen molar-refractivity contribution in [3.63, 3.8) is 0 Å². The Morgan fingerprint density at radius 3 is 2.42 bits per heavy atom. The fraction of sp³-hybridized carbons (Fsp3) is 0.238. The molecule has 134 valence electrons. The number of furan rings is 1. The van der Waals surface area contributed by atoms with E-state index in [1.165, 1.54) is 12.7 Å². The third-order valence-electron chi connectivity index (χ3n) is 4.57. The molecule has 1 N–H and O–H groups in total. The number of amides is 1. The monoisotopic (exact) mass is 351 g/mol. The second-order valence-electron chi connectivity index (χ2n) is 6.39. The van der Waals surface area contributed by atoms with Gasteiger partial charge < -0.3 is 14.5 Å². The van der Waals surface area contributed by atoms with Crippen LogP contribution in [-0.4, -0.2) is 19.0 Å². The normalized spacial score (nSPS) is 10.8. The molecule has 0 spiro atoms. The van der Waals surface area contributed by atoms with Gasteiger partial charge in [-0.25, -0.2) is 4.79 Å². The van der Waals surface area contributed by atoms with Gasteiger partial charge in [0.1, 0.15) is 5.58 Å². The fourth-order valence-electron chi connectivity index (χ4n) is 3.10. The van der Waals surface area contributed by atoms with E-state index in [1.54, 1.807) is 30.5 Å². The van der Waals surface area contributed by atoms with Crippen LogP contribution in [0.5, 0.6) is 0 Å². The number of fused-ring (bicyclic) bond motifs is 1. The molecule has 26 heavy (non-hydrogen) atoms. The third-order valence-corrected chi connectivity index (χ3v) is 4.57. The van der Waals surface area contributed by atoms with Crippen LogP contribution in [0, 0.1) is 20.8 Å². The first-order valence-corrected chi connectivity index (χ1v) is 8.35. The molecule has 2 aromatic carbocycles. The van der Waals surface area contributed by atoms with Crippen LogP contribution < -0.4 is 5.32 Å². The minimum absolute atomic E-state index is 0.142. The molecule has 1 aromatic heterocycles. The average molecular weight is 351 g/mol. The number of carbonyl (C=O) groups excluding carboxylic acids is 2. The van der Waals surface area contributed by atoms with Gasteiger partial charge in [0.15, 0.2) is 0 Å². The summed E-state index contributed by atoms with van der Waals surface area (Å²) in [5, 5.41) is 3.85. The lowest BCUT2D eigenvalue weighted by Crippen LogP contribution is -2.14. The summed E-state index contributed by atoms with van der Waals surface area (Å²) >= 11 is 0. The molecule has 3 rings (SSSR count). The molecule has 0 bridgehead atoms. The van der Waals surface area contributed by atoms with Crippen LogP contribution in [0.2, 0.25) is 0 Å². The van der Waals surface area contributed by atoms with E-state index in [0.717, 1.165) is 27.7 Å². The van der Waals surface area contributed by atoms with Crippen molar-refractivity contribution < 1.29 is 18.7 Å². The van der Waals surface area contributed by atoms with E-state index in [0.29, 0.717) is 11.3 Å². The van der Waals surface area contributed by atoms with Crippen LogP contribution in [-0.2, 0) is 16.0 Å². The van der Waals surface area contributed by atoms with Gasteiger partial charge in [-0.3, -0.25) is 4.79 Å². The number of hydrogen-bond donors (Lipinski definition) is 1. The lowest BCUT2D eigenvalue weighted by Gasteiger charge is -2.07. The zero-order valence-electron chi connectivity index (χ0n) is 15.3. The number of nitrogens with one attached hydrogen (secondary N) is 1. The van der Waals surface area contributed by atoms with Crippen molar-refractivity contribution in [1.29, 1.82) is 0 Å². The van der Waals surface area contributed by atoms with Gasteiger partial charge >= 0.3 is 5.97 Å². The predicted octanol–water partition coefficient (Wildman–Crippen LogP) is 4.33. The van der Waals surface area contributed by atoms with E-state index in [2.05, 4.69) is 23.0 Å². The third kappa shape index (κ3) is 3.33. The minimum atomic E-state index is -0.408. The summed E-state index contributed by atoms with van der Waals surface area (Å²) < 4.78 is 10.4. The zero-order chi connectivity index (χ0) is 18.8. The highest BCUT2D eigenvalue weighted by atomic mass is 16.5. The highest BCUT2D eigenvalue weighted by Crippen LogP contribution is 2.30. The Morgan fingerprint density at radius 2 is 1.77 bits per heavy atom. The van der Waals surface area contributed by atoms with E-state index in [-0.39, 0.29) is 12.3 Å². The summed E-state index contributed by atoms with van der Waals surface area (Å²) in [5.74, 6) is -0.551. The van der Waals surface area contributed by atoms with Gasteiger partial charge in [-0.2, -0.15) is 0 Å². The van der Waals surface area contributed by atoms with Crippen molar-refractivity contribution in [2.24, 2.45) is 0 Å². The summed E-state index contributed by atoms with van der Waals surface area (Å²) in [4.78, 5) is 23.9. The molecule has 0 saturated carbocycles. The Kier molecular flexibility index (Phi) is 4.80. The highest BCUT2D eigenvalue weighted by molar-refractivity contribution is 5.97. The number of benzene rings is 2. The average Bonchev–Trinajstić information content (AvgIpc) is 3.04. The SMILES string of the molecule is COC(=O)c1ccc(NC(=O)Cc2coc3c(C)c(C)cc(C)c23)cc1. The van der Waals surface area contributed by atoms with Crippen molar-refractivity contribution in [1.82, 2.24) is 0 Å². The van der Waals surface area contributed by atoms with Crippen LogP contribution in [0.25, 0.3) is 11.0 Å². The van der Waals surface area contributed by atoms with E-state index in [9.17, 15) is 9.59 Å². The molecule has 0 unspecified atom stereocenters. The zero-order valence-corrected chi connectivity index (χ0v) is 15.3. The van der Waals surface area contributed by atoms with E-state index < -0.39 is 5.97 Å². The molecular weight excluding hydrogens is 330 g/mol. The molecule has 0 fully saturated rings. The van der Waals surface area contributed by atoms with Crippen molar-refractivity contribution in [3.05, 3.63) is 64.4 Å². The minimum Gasteiger partial charge on any atom is -0.465 e. The first-order chi connectivity index (χ1) is 12.4. The number of anilines is 1. The molecular formula is C21H21NO4. The van der Waals surface area contributed by atoms with Crippen molar-refractivity contribution >= 4 is 28.5 Å². The van der Waals surface area contributed by atoms with Crippen molar-refractivity contribution in [2.45, 2.75) is 27.2 Å². The maximum atomic E-state index is 12.4. The second-order valence-corrected chi connectivity index (χ2v) is 6.39. The Labute approximate surface area is 152 Å². The lowest BCUT2D eigenvalue weighted by atomic mass is 9.99. The number of methoxy groups -OCH3 is 1. The van der Waals surface area contributed by atoms with Gasteiger partial charge in [-0.1, -0.05) is 6.07 Å². The van der Waals surface area contributed by atoms with Gasteiger partial charge in [0.2, 0.25) is 5.91 Å². The first-order valence-electron chi connectivity index (χ1n) is 8.35. The summed E-state index contributed by atoms with van der Waals surface area (Å²) in [6.07, 6.45) is 1.87. The van der Waals surface area contributed by atoms with Crippen LogP contribution >= 0.6 is 0 Å². The standard InChI is InChI=1S/C21H21NO4/c1-12-9-13(2)19-16(11-26-20(19)14(12)3)10-18(23)22-17-7-5-15(6-8-17)21(24)25-4/h5-9,11H,10H2,1-4H3,(H,22,23). The number of carbonyl (C=O) groups is 2. The van der Waals surface area contributed by atoms with Crippen molar-refractivity contribution in [3.8, 4) is 0 Å². The number of aryl methyl sites for hydroxylation is 3. The largest absolute Gasteiger partial charge is 0.465 e. The molecule has 0 aliphatic rings. The van der Waals surface area contributed by atoms with Gasteiger partial charge in [0, 0.05) is 16.6 Å². The Morgan fingerprint density at radius 1 is 1.08 bits per heavy atom. The Bertz CT molecular complexity index is 983. The highest BCUT2D eigenvalue weighted by Gasteiger charge is 2.15. The van der Waals surface area contributed by atoms with Crippen molar-refractivity contribution in [2.75, 3.05) is 12.4 Å². The van der Waals surface area contributed by atoms with Crippen LogP contribution in [0.15, 0.2) is 41.0 Å². The van der Waals surface area contributed by atoms with Gasteiger partial charge in [-0.15, -0.1) is 0 Å². The summed E-state index contributed by atoms with van der Waals surface area (Å²) in [7, 11) is 1.33. The maximum Gasteiger partial charge on any atom is 0.337 e. The maximum absolute atomic E-state index is 12.4. The quantitative estimate of drug-likeness (QED) is 0.711. The second kappa shape index (κ2) is 7.04. The Hall–Kier alpha value is -3.08. The van der Waals surface area contributed by atoms with Gasteiger partial charge in [-0.05, 0) is 61.7 Å². The fourth-order valence-corrected chi connectivity index (χ4v) is 3.10. The van der Waals surface area contributed by atoms with Crippen LogP contribution in [0.4, 0.5) is 5.69 Å². The first kappa shape index (κ1) is 17.7. The smallest absolute Gasteiger partial charge is 0.337 e. The van der Waals surface area contributed by atoms with Crippen LogP contribution in [0.3, 0.4) is 0 Å². The van der Waals surface area contributed by atoms with Crippen LogP contribution in [0.1, 0.15) is 32.6 Å². The van der Waals surface area contributed by atoms with E-state index >= 15 is 0 Å². The number of ether oxygens (including phenoxy) is 1. The molecule has 0 radical (unpaired) electrons. The predicted molar refractivity (Wildman–Crippen MR) is 101 cm³/mol. The molecule has 3 aromatic rings. The topological polar surface area (TPSA) is 68.5 Å². The molecule has 0 aliphatic heterocycles. The number of rotatable bonds is 4. The molecule has 1 amide bonds.